The van der Waals surface area contributed by atoms with E-state index in [4.69, 9.17) is 5.11 Å². The fourth-order valence-electron chi connectivity index (χ4n) is 0.442. The van der Waals surface area contributed by atoms with Gasteiger partial charge in [-0.1, -0.05) is 0 Å². The van der Waals surface area contributed by atoms with E-state index in [2.05, 4.69) is 11.1 Å². The zero-order valence-electron chi connectivity index (χ0n) is 4.53. The molecule has 0 aliphatic rings. The van der Waals surface area contributed by atoms with Gasteiger partial charge in [0.25, 0.3) is 0 Å². The van der Waals surface area contributed by atoms with E-state index in [0.717, 1.165) is 0 Å². The van der Waals surface area contributed by atoms with Crippen LogP contribution in [0, 0.1) is 6.07 Å². The molecule has 0 aromatic carbocycles. The second-order valence-corrected chi connectivity index (χ2v) is 1.46. The molecule has 45 valence electrons. The Bertz CT molecular complexity index is 208. The maximum Gasteiger partial charge on any atom is 0.337 e. The van der Waals surface area contributed by atoms with Crippen molar-refractivity contribution in [3.8, 4) is 0 Å². The summed E-state index contributed by atoms with van der Waals surface area (Å²) in [4.78, 5) is 13.7. The number of nitrogens with zero attached hydrogens (tertiary/aromatic N) is 1. The number of carbonyl (C=O) groups is 1. The minimum atomic E-state index is -0.997. The van der Waals surface area contributed by atoms with Crippen molar-refractivity contribution in [2.24, 2.45) is 0 Å². The highest BCUT2D eigenvalue weighted by molar-refractivity contribution is 5.86. The van der Waals surface area contributed by atoms with E-state index in [-0.39, 0.29) is 5.56 Å². The number of pyridine rings is 1. The Morgan fingerprint density at radius 2 is 2.56 bits per heavy atom. The van der Waals surface area contributed by atoms with Crippen LogP contribution < -0.4 is 0 Å². The number of rotatable bonds is 1. The molecule has 0 fully saturated rings. The van der Waals surface area contributed by atoms with Crippen molar-refractivity contribution in [3.63, 3.8) is 0 Å². The van der Waals surface area contributed by atoms with Gasteiger partial charge in [-0.25, -0.2) is 4.79 Å². The molecule has 3 heteroatoms. The zero-order valence-corrected chi connectivity index (χ0v) is 4.53. The van der Waals surface area contributed by atoms with Crippen LogP contribution in [-0.2, 0) is 0 Å². The lowest BCUT2D eigenvalue weighted by Gasteiger charge is -1.86. The average Bonchev–Trinajstić information content (AvgIpc) is 1.90. The average molecular weight is 122 g/mol. The molecule has 3 nitrogen and oxygen atoms in total. The highest BCUT2D eigenvalue weighted by atomic mass is 16.4. The van der Waals surface area contributed by atoms with Crippen LogP contribution in [0.4, 0.5) is 0 Å². The first-order valence-corrected chi connectivity index (χ1v) is 2.35. The minimum Gasteiger partial charge on any atom is -0.478 e. The lowest BCUT2D eigenvalue weighted by molar-refractivity contribution is 0.0696. The van der Waals surface area contributed by atoms with Gasteiger partial charge < -0.3 is 5.11 Å². The summed E-state index contributed by atoms with van der Waals surface area (Å²) in [7, 11) is 0. The maximum atomic E-state index is 10.1. The molecular weight excluding hydrogens is 118 g/mol. The molecule has 0 amide bonds. The zero-order chi connectivity index (χ0) is 6.69. The van der Waals surface area contributed by atoms with Gasteiger partial charge in [0.1, 0.15) is 0 Å². The van der Waals surface area contributed by atoms with Crippen LogP contribution in [-0.4, -0.2) is 16.1 Å². The third-order valence-electron chi connectivity index (χ3n) is 0.833. The van der Waals surface area contributed by atoms with Gasteiger partial charge in [-0.3, -0.25) is 4.98 Å². The Morgan fingerprint density at radius 1 is 1.78 bits per heavy atom. The molecule has 0 unspecified atom stereocenters. The molecular formula is C6H4NO2. The van der Waals surface area contributed by atoms with Crippen LogP contribution in [0.3, 0.4) is 0 Å². The SMILES string of the molecule is O=C(O)c1[c]ccnc1. The lowest BCUT2D eigenvalue weighted by atomic mass is 10.3. The summed E-state index contributed by atoms with van der Waals surface area (Å²) in [6.07, 6.45) is 2.73. The molecule has 0 aliphatic heterocycles. The van der Waals surface area contributed by atoms with Crippen LogP contribution in [0.2, 0.25) is 0 Å². The number of aromatic carboxylic acids is 1. The van der Waals surface area contributed by atoms with E-state index < -0.39 is 5.97 Å². The van der Waals surface area contributed by atoms with Gasteiger partial charge in [0.05, 0.1) is 5.56 Å². The first-order valence-electron chi connectivity index (χ1n) is 2.35. The van der Waals surface area contributed by atoms with Crippen molar-refractivity contribution in [3.05, 3.63) is 30.1 Å². The molecule has 0 bridgehead atoms. The molecule has 0 spiro atoms. The number of hydrogen-bond acceptors (Lipinski definition) is 2. The standard InChI is InChI=1S/C6H4NO2/c8-6(9)5-2-1-3-7-4-5/h1,3-4H,(H,8,9). The van der Waals surface area contributed by atoms with E-state index in [1.807, 2.05) is 0 Å². The first kappa shape index (κ1) is 5.75. The van der Waals surface area contributed by atoms with Crippen molar-refractivity contribution in [2.75, 3.05) is 0 Å². The fourth-order valence-corrected chi connectivity index (χ4v) is 0.442. The van der Waals surface area contributed by atoms with Gasteiger partial charge in [0.15, 0.2) is 0 Å². The topological polar surface area (TPSA) is 50.2 Å². The molecule has 0 aliphatic carbocycles. The third kappa shape index (κ3) is 1.25. The number of carboxylic acids is 1. The van der Waals surface area contributed by atoms with Crippen LogP contribution in [0.15, 0.2) is 18.5 Å². The van der Waals surface area contributed by atoms with E-state index >= 15 is 0 Å². The summed E-state index contributed by atoms with van der Waals surface area (Å²) in [5.41, 5.74) is 0.0949. The monoisotopic (exact) mass is 122 g/mol. The Morgan fingerprint density at radius 3 is 2.89 bits per heavy atom. The van der Waals surface area contributed by atoms with E-state index in [9.17, 15) is 4.79 Å². The molecule has 0 atom stereocenters. The molecule has 1 radical (unpaired) electrons. The summed E-state index contributed by atoms with van der Waals surface area (Å²) in [6, 6.07) is 3.97. The predicted octanol–water partition coefficient (Wildman–Crippen LogP) is 0.580. The second kappa shape index (κ2) is 2.26. The fraction of sp³-hybridized carbons (Fsp3) is 0. The number of aromatic nitrogens is 1. The Hall–Kier alpha value is -1.38. The Labute approximate surface area is 52.0 Å². The summed E-state index contributed by atoms with van der Waals surface area (Å²) in [5.74, 6) is -0.997. The van der Waals surface area contributed by atoms with Crippen LogP contribution in [0.5, 0.6) is 0 Å². The number of carboxylic acid groups (broad SMARTS) is 1. The summed E-state index contributed by atoms with van der Waals surface area (Å²) in [5, 5.41) is 8.31. The number of hydrogen-bond donors (Lipinski definition) is 1. The molecule has 1 aromatic heterocycles. The minimum absolute atomic E-state index is 0.0949. The van der Waals surface area contributed by atoms with Crippen molar-refractivity contribution >= 4 is 5.97 Å². The van der Waals surface area contributed by atoms with Crippen molar-refractivity contribution < 1.29 is 9.90 Å². The highest BCUT2D eigenvalue weighted by Crippen LogP contribution is 1.91. The maximum absolute atomic E-state index is 10.1. The van der Waals surface area contributed by atoms with Crippen molar-refractivity contribution in [2.45, 2.75) is 0 Å². The van der Waals surface area contributed by atoms with Crippen LogP contribution in [0.1, 0.15) is 10.4 Å². The van der Waals surface area contributed by atoms with Gasteiger partial charge in [-0.15, -0.1) is 0 Å². The molecule has 9 heavy (non-hydrogen) atoms. The smallest absolute Gasteiger partial charge is 0.337 e. The van der Waals surface area contributed by atoms with E-state index in [1.54, 1.807) is 0 Å². The molecule has 0 saturated carbocycles. The summed E-state index contributed by atoms with van der Waals surface area (Å²) < 4.78 is 0. The largest absolute Gasteiger partial charge is 0.478 e. The molecule has 1 heterocycles. The van der Waals surface area contributed by atoms with E-state index in [1.165, 1.54) is 18.5 Å². The third-order valence-corrected chi connectivity index (χ3v) is 0.833. The van der Waals surface area contributed by atoms with Gasteiger partial charge in [-0.05, 0) is 6.07 Å². The van der Waals surface area contributed by atoms with Crippen LogP contribution in [0.25, 0.3) is 0 Å². The van der Waals surface area contributed by atoms with Gasteiger partial charge in [-0.2, -0.15) is 0 Å². The normalized spacial score (nSPS) is 8.89. The van der Waals surface area contributed by atoms with Crippen molar-refractivity contribution in [1.29, 1.82) is 0 Å². The van der Waals surface area contributed by atoms with Crippen molar-refractivity contribution in [1.82, 2.24) is 4.98 Å². The summed E-state index contributed by atoms with van der Waals surface area (Å²) in [6.45, 7) is 0. The lowest BCUT2D eigenvalue weighted by Crippen LogP contribution is -1.95. The first-order chi connectivity index (χ1) is 4.30. The molecule has 1 N–H and O–H groups in total. The molecule has 1 aromatic rings. The quantitative estimate of drug-likeness (QED) is 0.592. The van der Waals surface area contributed by atoms with Crippen LogP contribution >= 0.6 is 0 Å². The van der Waals surface area contributed by atoms with Gasteiger partial charge in [0.2, 0.25) is 0 Å². The van der Waals surface area contributed by atoms with Gasteiger partial charge in [0, 0.05) is 18.5 Å². The predicted molar refractivity (Wildman–Crippen MR) is 30.0 cm³/mol. The Balaban J connectivity index is 2.98. The summed E-state index contributed by atoms with van der Waals surface area (Å²) >= 11 is 0. The van der Waals surface area contributed by atoms with E-state index in [0.29, 0.717) is 0 Å². The highest BCUT2D eigenvalue weighted by Gasteiger charge is 1.98. The Kier molecular flexibility index (Phi) is 1.44. The second-order valence-electron chi connectivity index (χ2n) is 1.46. The van der Waals surface area contributed by atoms with Gasteiger partial charge >= 0.3 is 5.97 Å². The molecule has 1 rings (SSSR count). The molecule has 0 saturated heterocycles.